The zero-order valence-electron chi connectivity index (χ0n) is 8.14. The Labute approximate surface area is 75.5 Å². The summed E-state index contributed by atoms with van der Waals surface area (Å²) in [6.07, 6.45) is 9.56. The molecule has 1 heteroatoms. The van der Waals surface area contributed by atoms with E-state index < -0.39 is 0 Å². The van der Waals surface area contributed by atoms with Crippen LogP contribution in [0.25, 0.3) is 0 Å². The monoisotopic (exact) mass is 168 g/mol. The molecule has 0 aliphatic heterocycles. The van der Waals surface area contributed by atoms with E-state index in [1.54, 1.807) is 0 Å². The summed E-state index contributed by atoms with van der Waals surface area (Å²) in [5.41, 5.74) is 0. The van der Waals surface area contributed by atoms with Gasteiger partial charge in [-0.3, -0.25) is 4.79 Å². The highest BCUT2D eigenvalue weighted by molar-refractivity contribution is 5.82. The normalized spacial score (nSPS) is 23.4. The van der Waals surface area contributed by atoms with E-state index in [0.717, 1.165) is 12.8 Å². The lowest BCUT2D eigenvalue weighted by atomic mass is 9.99. The Balaban J connectivity index is 2.02. The molecule has 1 fully saturated rings. The molecule has 1 rings (SSSR count). The minimum absolute atomic E-state index is 0.446. The van der Waals surface area contributed by atoms with E-state index in [2.05, 4.69) is 6.92 Å². The molecule has 12 heavy (non-hydrogen) atoms. The smallest absolute Gasteiger partial charge is 0.135 e. The van der Waals surface area contributed by atoms with Crippen LogP contribution in [0.5, 0.6) is 0 Å². The van der Waals surface area contributed by atoms with Crippen LogP contribution in [0.1, 0.15) is 58.3 Å². The first-order chi connectivity index (χ1) is 5.84. The average Bonchev–Trinajstić information content (AvgIpc) is 2.46. The predicted molar refractivity (Wildman–Crippen MR) is 51.1 cm³/mol. The molecule has 0 bridgehead atoms. The van der Waals surface area contributed by atoms with Crippen molar-refractivity contribution in [1.29, 1.82) is 0 Å². The number of ketones is 1. The Bertz CT molecular complexity index is 140. The first kappa shape index (κ1) is 9.76. The van der Waals surface area contributed by atoms with Crippen LogP contribution in [-0.4, -0.2) is 5.78 Å². The van der Waals surface area contributed by atoms with Crippen LogP contribution >= 0.6 is 0 Å². The van der Waals surface area contributed by atoms with Crippen molar-refractivity contribution in [2.24, 2.45) is 5.92 Å². The number of hydrogen-bond donors (Lipinski definition) is 0. The summed E-state index contributed by atoms with van der Waals surface area (Å²) in [6.45, 7) is 2.22. The Hall–Kier alpha value is -0.330. The van der Waals surface area contributed by atoms with Gasteiger partial charge in [-0.15, -0.1) is 0 Å². The van der Waals surface area contributed by atoms with E-state index in [9.17, 15) is 4.79 Å². The van der Waals surface area contributed by atoms with Gasteiger partial charge in [-0.2, -0.15) is 0 Å². The first-order valence-corrected chi connectivity index (χ1v) is 5.37. The molecule has 0 spiro atoms. The maximum Gasteiger partial charge on any atom is 0.135 e. The molecule has 0 aromatic carbocycles. The summed E-state index contributed by atoms with van der Waals surface area (Å²) in [6, 6.07) is 0. The van der Waals surface area contributed by atoms with Crippen molar-refractivity contribution in [3.63, 3.8) is 0 Å². The Kier molecular flexibility index (Phi) is 4.34. The highest BCUT2D eigenvalue weighted by Gasteiger charge is 2.23. The van der Waals surface area contributed by atoms with Gasteiger partial charge in [-0.05, 0) is 19.3 Å². The van der Waals surface area contributed by atoms with Crippen LogP contribution in [0, 0.1) is 5.92 Å². The molecular weight excluding hydrogens is 148 g/mol. The summed E-state index contributed by atoms with van der Waals surface area (Å²) >= 11 is 0. The van der Waals surface area contributed by atoms with Crippen molar-refractivity contribution in [2.75, 3.05) is 0 Å². The molecule has 0 aromatic rings. The molecule has 1 saturated carbocycles. The van der Waals surface area contributed by atoms with Crippen LogP contribution in [0.15, 0.2) is 0 Å². The van der Waals surface area contributed by atoms with E-state index in [1.807, 2.05) is 0 Å². The second kappa shape index (κ2) is 5.34. The molecule has 0 heterocycles. The molecule has 1 nitrogen and oxygen atoms in total. The summed E-state index contributed by atoms with van der Waals surface area (Å²) in [5.74, 6) is 0.980. The fourth-order valence-corrected chi connectivity index (χ4v) is 2.01. The summed E-state index contributed by atoms with van der Waals surface area (Å²) in [4.78, 5) is 11.2. The largest absolute Gasteiger partial charge is 0.299 e. The molecule has 70 valence electrons. The van der Waals surface area contributed by atoms with E-state index >= 15 is 0 Å². The third-order valence-electron chi connectivity index (χ3n) is 2.84. The quantitative estimate of drug-likeness (QED) is 0.575. The molecule has 1 aliphatic rings. The van der Waals surface area contributed by atoms with Crippen LogP contribution in [0.4, 0.5) is 0 Å². The van der Waals surface area contributed by atoms with E-state index in [-0.39, 0.29) is 0 Å². The minimum atomic E-state index is 0.446. The number of rotatable bonds is 5. The van der Waals surface area contributed by atoms with Gasteiger partial charge in [0.2, 0.25) is 0 Å². The number of carbonyl (C=O) groups is 1. The third kappa shape index (κ3) is 2.96. The van der Waals surface area contributed by atoms with Gasteiger partial charge in [0.15, 0.2) is 0 Å². The van der Waals surface area contributed by atoms with E-state index in [4.69, 9.17) is 0 Å². The van der Waals surface area contributed by atoms with Gasteiger partial charge in [-0.1, -0.05) is 32.6 Å². The molecule has 0 unspecified atom stereocenters. The average molecular weight is 168 g/mol. The fourth-order valence-electron chi connectivity index (χ4n) is 2.01. The van der Waals surface area contributed by atoms with Gasteiger partial charge < -0.3 is 0 Å². The Morgan fingerprint density at radius 3 is 2.75 bits per heavy atom. The summed E-state index contributed by atoms with van der Waals surface area (Å²) in [7, 11) is 0. The van der Waals surface area contributed by atoms with Gasteiger partial charge in [0.1, 0.15) is 5.78 Å². The third-order valence-corrected chi connectivity index (χ3v) is 2.84. The molecule has 1 atom stereocenters. The summed E-state index contributed by atoms with van der Waals surface area (Å²) in [5, 5.41) is 0. The maximum atomic E-state index is 11.2. The van der Waals surface area contributed by atoms with Crippen molar-refractivity contribution < 1.29 is 4.79 Å². The fraction of sp³-hybridized carbons (Fsp3) is 0.909. The standard InChI is InChI=1S/C11H20O/c1-2-3-4-5-7-10-8-6-9-11(10)12/h10H,2-9H2,1H3/t10-/m1/s1. The predicted octanol–water partition coefficient (Wildman–Crippen LogP) is 3.33. The molecule has 0 saturated heterocycles. The van der Waals surface area contributed by atoms with Gasteiger partial charge in [0, 0.05) is 12.3 Å². The van der Waals surface area contributed by atoms with Crippen LogP contribution in [0.2, 0.25) is 0 Å². The lowest BCUT2D eigenvalue weighted by molar-refractivity contribution is -0.120. The van der Waals surface area contributed by atoms with Crippen molar-refractivity contribution in [1.82, 2.24) is 0 Å². The zero-order chi connectivity index (χ0) is 8.81. The summed E-state index contributed by atoms with van der Waals surface area (Å²) < 4.78 is 0. The van der Waals surface area contributed by atoms with Gasteiger partial charge in [0.05, 0.1) is 0 Å². The second-order valence-corrected chi connectivity index (χ2v) is 3.90. The van der Waals surface area contributed by atoms with Gasteiger partial charge in [-0.25, -0.2) is 0 Å². The molecule has 0 radical (unpaired) electrons. The first-order valence-electron chi connectivity index (χ1n) is 5.37. The highest BCUT2D eigenvalue weighted by atomic mass is 16.1. The lowest BCUT2D eigenvalue weighted by Crippen LogP contribution is -2.05. The van der Waals surface area contributed by atoms with Gasteiger partial charge in [0.25, 0.3) is 0 Å². The number of carbonyl (C=O) groups excluding carboxylic acids is 1. The Morgan fingerprint density at radius 1 is 1.33 bits per heavy atom. The minimum Gasteiger partial charge on any atom is -0.299 e. The molecule has 0 N–H and O–H groups in total. The van der Waals surface area contributed by atoms with Crippen molar-refractivity contribution in [3.05, 3.63) is 0 Å². The topological polar surface area (TPSA) is 17.1 Å². The number of hydrogen-bond acceptors (Lipinski definition) is 1. The lowest BCUT2D eigenvalue weighted by Gasteiger charge is -2.05. The highest BCUT2D eigenvalue weighted by Crippen LogP contribution is 2.26. The molecule has 0 aromatic heterocycles. The van der Waals surface area contributed by atoms with Crippen molar-refractivity contribution in [2.45, 2.75) is 58.3 Å². The van der Waals surface area contributed by atoms with Crippen LogP contribution < -0.4 is 0 Å². The SMILES string of the molecule is CCCCCC[C@@H]1CCCC1=O. The molecule has 0 amide bonds. The van der Waals surface area contributed by atoms with Crippen molar-refractivity contribution in [3.8, 4) is 0 Å². The second-order valence-electron chi connectivity index (χ2n) is 3.90. The van der Waals surface area contributed by atoms with E-state index in [1.165, 1.54) is 38.5 Å². The zero-order valence-corrected chi connectivity index (χ0v) is 8.14. The number of Topliss-reactive ketones (excluding diaryl/α,β-unsaturated/α-hetero) is 1. The van der Waals surface area contributed by atoms with Crippen molar-refractivity contribution >= 4 is 5.78 Å². The van der Waals surface area contributed by atoms with E-state index in [0.29, 0.717) is 11.7 Å². The van der Waals surface area contributed by atoms with Gasteiger partial charge >= 0.3 is 0 Å². The molecule has 1 aliphatic carbocycles. The van der Waals surface area contributed by atoms with Crippen LogP contribution in [0.3, 0.4) is 0 Å². The maximum absolute atomic E-state index is 11.2. The number of unbranched alkanes of at least 4 members (excludes halogenated alkanes) is 3. The Morgan fingerprint density at radius 2 is 2.17 bits per heavy atom. The van der Waals surface area contributed by atoms with Crippen LogP contribution in [-0.2, 0) is 4.79 Å². The molecular formula is C11H20O.